The van der Waals surface area contributed by atoms with Crippen LogP contribution in [0.3, 0.4) is 0 Å². The Morgan fingerprint density at radius 3 is 2.71 bits per heavy atom. The zero-order valence-corrected chi connectivity index (χ0v) is 10.8. The summed E-state index contributed by atoms with van der Waals surface area (Å²) in [6, 6.07) is 6.69. The minimum Gasteiger partial charge on any atom is -0.334 e. The van der Waals surface area contributed by atoms with Crippen molar-refractivity contribution in [2.75, 3.05) is 11.9 Å². The first-order chi connectivity index (χ1) is 8.02. The van der Waals surface area contributed by atoms with E-state index >= 15 is 0 Å². The fourth-order valence-electron chi connectivity index (χ4n) is 1.40. The molecular formula is C12H18ClN3O. The zero-order chi connectivity index (χ0) is 12.8. The second kappa shape index (κ2) is 6.47. The third-order valence-electron chi connectivity index (χ3n) is 2.46. The molecule has 4 N–H and O–H groups in total. The number of halogens is 1. The molecule has 0 saturated heterocycles. The van der Waals surface area contributed by atoms with E-state index in [2.05, 4.69) is 10.6 Å². The van der Waals surface area contributed by atoms with Crippen molar-refractivity contribution in [1.82, 2.24) is 5.32 Å². The van der Waals surface area contributed by atoms with E-state index in [0.29, 0.717) is 23.2 Å². The molecule has 1 aromatic rings. The molecule has 1 aromatic carbocycles. The molecule has 94 valence electrons. The van der Waals surface area contributed by atoms with Gasteiger partial charge in [0.05, 0.1) is 0 Å². The minimum absolute atomic E-state index is 0.0332. The Kier molecular flexibility index (Phi) is 5.25. The molecule has 1 atom stereocenters. The summed E-state index contributed by atoms with van der Waals surface area (Å²) in [6.45, 7) is 4.44. The Hall–Kier alpha value is -1.26. The maximum atomic E-state index is 11.7. The van der Waals surface area contributed by atoms with Gasteiger partial charge in [-0.1, -0.05) is 31.5 Å². The standard InChI is InChI=1S/C12H18ClN3O/c1-8(2)11(7-14)16-12(17)15-10-5-3-4-9(13)6-10/h3-6,8,11H,7,14H2,1-2H3,(H2,15,16,17). The number of hydrogen-bond acceptors (Lipinski definition) is 2. The van der Waals surface area contributed by atoms with Gasteiger partial charge in [-0.05, 0) is 24.1 Å². The lowest BCUT2D eigenvalue weighted by molar-refractivity contribution is 0.245. The lowest BCUT2D eigenvalue weighted by Crippen LogP contribution is -2.45. The largest absolute Gasteiger partial charge is 0.334 e. The van der Waals surface area contributed by atoms with Crippen molar-refractivity contribution in [3.05, 3.63) is 29.3 Å². The van der Waals surface area contributed by atoms with Crippen LogP contribution in [0.1, 0.15) is 13.8 Å². The smallest absolute Gasteiger partial charge is 0.319 e. The topological polar surface area (TPSA) is 67.1 Å². The van der Waals surface area contributed by atoms with Crippen molar-refractivity contribution >= 4 is 23.3 Å². The maximum absolute atomic E-state index is 11.7. The first-order valence-electron chi connectivity index (χ1n) is 5.56. The second-order valence-corrected chi connectivity index (χ2v) is 4.63. The van der Waals surface area contributed by atoms with Gasteiger partial charge in [0.15, 0.2) is 0 Å². The van der Waals surface area contributed by atoms with Gasteiger partial charge in [0, 0.05) is 23.3 Å². The second-order valence-electron chi connectivity index (χ2n) is 4.20. The van der Waals surface area contributed by atoms with E-state index in [4.69, 9.17) is 17.3 Å². The van der Waals surface area contributed by atoms with Crippen LogP contribution in [0, 0.1) is 5.92 Å². The Morgan fingerprint density at radius 1 is 1.47 bits per heavy atom. The summed E-state index contributed by atoms with van der Waals surface area (Å²) in [7, 11) is 0. The molecule has 0 aliphatic carbocycles. The molecule has 0 radical (unpaired) electrons. The van der Waals surface area contributed by atoms with E-state index in [0.717, 1.165) is 0 Å². The lowest BCUT2D eigenvalue weighted by atomic mass is 10.1. The van der Waals surface area contributed by atoms with Gasteiger partial charge in [-0.2, -0.15) is 0 Å². The Morgan fingerprint density at radius 2 is 2.18 bits per heavy atom. The average Bonchev–Trinajstić information content (AvgIpc) is 2.25. The third-order valence-corrected chi connectivity index (χ3v) is 2.69. The number of benzene rings is 1. The molecule has 4 nitrogen and oxygen atoms in total. The van der Waals surface area contributed by atoms with Crippen molar-refractivity contribution in [2.45, 2.75) is 19.9 Å². The highest BCUT2D eigenvalue weighted by Crippen LogP contribution is 2.14. The van der Waals surface area contributed by atoms with E-state index in [1.165, 1.54) is 0 Å². The minimum atomic E-state index is -0.267. The van der Waals surface area contributed by atoms with Gasteiger partial charge in [0.25, 0.3) is 0 Å². The van der Waals surface area contributed by atoms with Crippen LogP contribution in [0.25, 0.3) is 0 Å². The molecule has 2 amide bonds. The average molecular weight is 256 g/mol. The summed E-state index contributed by atoms with van der Waals surface area (Å²) < 4.78 is 0. The summed E-state index contributed by atoms with van der Waals surface area (Å²) in [5.41, 5.74) is 6.24. The first-order valence-corrected chi connectivity index (χ1v) is 5.94. The molecule has 1 unspecified atom stereocenters. The van der Waals surface area contributed by atoms with Gasteiger partial charge in [0.1, 0.15) is 0 Å². The highest BCUT2D eigenvalue weighted by molar-refractivity contribution is 6.30. The molecule has 1 rings (SSSR count). The van der Waals surface area contributed by atoms with E-state index < -0.39 is 0 Å². The van der Waals surface area contributed by atoms with E-state index in [1.807, 2.05) is 13.8 Å². The van der Waals surface area contributed by atoms with Crippen LogP contribution in [-0.2, 0) is 0 Å². The van der Waals surface area contributed by atoms with Crippen molar-refractivity contribution in [3.63, 3.8) is 0 Å². The highest BCUT2D eigenvalue weighted by atomic mass is 35.5. The number of rotatable bonds is 4. The monoisotopic (exact) mass is 255 g/mol. The quantitative estimate of drug-likeness (QED) is 0.774. The Labute approximate surface area is 107 Å². The SMILES string of the molecule is CC(C)C(CN)NC(=O)Nc1cccc(Cl)c1. The summed E-state index contributed by atoms with van der Waals surface area (Å²) >= 11 is 5.82. The van der Waals surface area contributed by atoms with E-state index in [9.17, 15) is 4.79 Å². The van der Waals surface area contributed by atoms with E-state index in [-0.39, 0.29) is 12.1 Å². The van der Waals surface area contributed by atoms with Gasteiger partial charge < -0.3 is 16.4 Å². The number of anilines is 1. The molecule has 0 bridgehead atoms. The number of carbonyl (C=O) groups is 1. The molecule has 0 heterocycles. The van der Waals surface area contributed by atoms with Crippen LogP contribution in [0.5, 0.6) is 0 Å². The number of urea groups is 1. The molecule has 0 aliphatic heterocycles. The molecule has 17 heavy (non-hydrogen) atoms. The molecular weight excluding hydrogens is 238 g/mol. The van der Waals surface area contributed by atoms with Crippen LogP contribution < -0.4 is 16.4 Å². The van der Waals surface area contributed by atoms with Gasteiger partial charge >= 0.3 is 6.03 Å². The number of carbonyl (C=O) groups excluding carboxylic acids is 1. The Balaban J connectivity index is 2.55. The molecule has 0 aliphatic rings. The van der Waals surface area contributed by atoms with Crippen LogP contribution in [-0.4, -0.2) is 18.6 Å². The van der Waals surface area contributed by atoms with Gasteiger partial charge in [0.2, 0.25) is 0 Å². The third kappa shape index (κ3) is 4.63. The predicted molar refractivity (Wildman–Crippen MR) is 71.3 cm³/mol. The maximum Gasteiger partial charge on any atom is 0.319 e. The molecule has 0 saturated carbocycles. The number of hydrogen-bond donors (Lipinski definition) is 3. The number of nitrogens with two attached hydrogens (primary N) is 1. The zero-order valence-electron chi connectivity index (χ0n) is 10.0. The van der Waals surface area contributed by atoms with Gasteiger partial charge in [-0.3, -0.25) is 0 Å². The highest BCUT2D eigenvalue weighted by Gasteiger charge is 2.14. The van der Waals surface area contributed by atoms with Crippen molar-refractivity contribution in [2.24, 2.45) is 11.7 Å². The summed E-state index contributed by atoms with van der Waals surface area (Å²) in [5.74, 6) is 0.296. The molecule has 5 heteroatoms. The predicted octanol–water partition coefficient (Wildman–Crippen LogP) is 2.44. The number of nitrogens with one attached hydrogen (secondary N) is 2. The number of amides is 2. The Bertz CT molecular complexity index is 382. The summed E-state index contributed by atoms with van der Waals surface area (Å²) in [5, 5.41) is 6.11. The van der Waals surface area contributed by atoms with E-state index in [1.54, 1.807) is 24.3 Å². The molecule has 0 fully saturated rings. The normalized spacial score (nSPS) is 12.3. The fraction of sp³-hybridized carbons (Fsp3) is 0.417. The van der Waals surface area contributed by atoms with Gasteiger partial charge in [-0.15, -0.1) is 0 Å². The first kappa shape index (κ1) is 13.8. The van der Waals surface area contributed by atoms with Crippen LogP contribution in [0.15, 0.2) is 24.3 Å². The van der Waals surface area contributed by atoms with Crippen LogP contribution in [0.4, 0.5) is 10.5 Å². The molecule has 0 spiro atoms. The van der Waals surface area contributed by atoms with Crippen LogP contribution in [0.2, 0.25) is 5.02 Å². The molecule has 0 aromatic heterocycles. The van der Waals surface area contributed by atoms with Crippen molar-refractivity contribution < 1.29 is 4.79 Å². The fourth-order valence-corrected chi connectivity index (χ4v) is 1.59. The van der Waals surface area contributed by atoms with Gasteiger partial charge in [-0.25, -0.2) is 4.79 Å². The summed E-state index contributed by atoms with van der Waals surface area (Å²) in [4.78, 5) is 11.7. The van der Waals surface area contributed by atoms with Crippen LogP contribution >= 0.6 is 11.6 Å². The summed E-state index contributed by atoms with van der Waals surface area (Å²) in [6.07, 6.45) is 0. The van der Waals surface area contributed by atoms with Crippen molar-refractivity contribution in [1.29, 1.82) is 0 Å². The lowest BCUT2D eigenvalue weighted by Gasteiger charge is -2.20. The van der Waals surface area contributed by atoms with Crippen molar-refractivity contribution in [3.8, 4) is 0 Å².